The van der Waals surface area contributed by atoms with Gasteiger partial charge >= 0.3 is 0 Å². The second-order valence-electron chi connectivity index (χ2n) is 7.04. The molecule has 1 unspecified atom stereocenters. The van der Waals surface area contributed by atoms with Gasteiger partial charge in [-0.2, -0.15) is 0 Å². The third-order valence-electron chi connectivity index (χ3n) is 4.52. The average Bonchev–Trinajstić information content (AvgIpc) is 2.66. The van der Waals surface area contributed by atoms with Crippen LogP contribution in [0.2, 0.25) is 0 Å². The van der Waals surface area contributed by atoms with E-state index >= 15 is 0 Å². The molecule has 0 bridgehead atoms. The number of rotatable bonds is 10. The Morgan fingerprint density at radius 1 is 1.00 bits per heavy atom. The standard InChI is InChI=1S/C23H31NO3/c1-18(2)27-15-14-23(25)24(17-20-10-6-5-7-11-20)19(3)16-21-12-8-9-13-22(21)26-4/h5-13,18-19H,14-17H2,1-4H3. The number of para-hydroxylation sites is 1. The maximum atomic E-state index is 12.9. The number of carbonyl (C=O) groups is 1. The Balaban J connectivity index is 2.13. The largest absolute Gasteiger partial charge is 0.496 e. The predicted octanol–water partition coefficient (Wildman–Crippen LogP) is 4.47. The lowest BCUT2D eigenvalue weighted by Crippen LogP contribution is -2.40. The molecule has 0 heterocycles. The number of benzene rings is 2. The second-order valence-corrected chi connectivity index (χ2v) is 7.04. The molecular weight excluding hydrogens is 338 g/mol. The molecule has 1 atom stereocenters. The molecular formula is C23H31NO3. The first-order valence-electron chi connectivity index (χ1n) is 9.58. The number of methoxy groups -OCH3 is 1. The molecule has 0 N–H and O–H groups in total. The Kier molecular flexibility index (Phi) is 8.34. The van der Waals surface area contributed by atoms with Crippen LogP contribution in [-0.2, 0) is 22.5 Å². The summed E-state index contributed by atoms with van der Waals surface area (Å²) in [7, 11) is 1.68. The van der Waals surface area contributed by atoms with Gasteiger partial charge < -0.3 is 14.4 Å². The van der Waals surface area contributed by atoms with Gasteiger partial charge in [-0.25, -0.2) is 0 Å². The van der Waals surface area contributed by atoms with Crippen molar-refractivity contribution >= 4 is 5.91 Å². The maximum absolute atomic E-state index is 12.9. The molecule has 0 aliphatic carbocycles. The van der Waals surface area contributed by atoms with E-state index in [0.29, 0.717) is 19.6 Å². The van der Waals surface area contributed by atoms with Crippen molar-refractivity contribution < 1.29 is 14.3 Å². The average molecular weight is 370 g/mol. The van der Waals surface area contributed by atoms with Crippen molar-refractivity contribution in [3.8, 4) is 5.75 Å². The van der Waals surface area contributed by atoms with E-state index in [1.807, 2.05) is 55.1 Å². The molecule has 2 rings (SSSR count). The van der Waals surface area contributed by atoms with Crippen molar-refractivity contribution in [3.63, 3.8) is 0 Å². The minimum Gasteiger partial charge on any atom is -0.496 e. The molecule has 146 valence electrons. The minimum atomic E-state index is 0.0491. The molecule has 0 aromatic heterocycles. The highest BCUT2D eigenvalue weighted by atomic mass is 16.5. The minimum absolute atomic E-state index is 0.0491. The number of nitrogens with zero attached hydrogens (tertiary/aromatic N) is 1. The third kappa shape index (κ3) is 6.72. The highest BCUT2D eigenvalue weighted by Crippen LogP contribution is 2.22. The van der Waals surface area contributed by atoms with Gasteiger partial charge in [0.05, 0.1) is 26.2 Å². The van der Waals surface area contributed by atoms with Gasteiger partial charge in [0.1, 0.15) is 5.75 Å². The predicted molar refractivity (Wildman–Crippen MR) is 109 cm³/mol. The van der Waals surface area contributed by atoms with Crippen molar-refractivity contribution in [2.75, 3.05) is 13.7 Å². The van der Waals surface area contributed by atoms with Crippen LogP contribution < -0.4 is 4.74 Å². The summed E-state index contributed by atoms with van der Waals surface area (Å²) in [6.45, 7) is 7.10. The summed E-state index contributed by atoms with van der Waals surface area (Å²) in [6, 6.07) is 18.1. The Labute approximate surface area is 163 Å². The zero-order valence-corrected chi connectivity index (χ0v) is 16.9. The molecule has 0 aliphatic rings. The normalized spacial score (nSPS) is 12.0. The number of hydrogen-bond acceptors (Lipinski definition) is 3. The van der Waals surface area contributed by atoms with Gasteiger partial charge in [0.25, 0.3) is 0 Å². The summed E-state index contributed by atoms with van der Waals surface area (Å²) in [4.78, 5) is 14.9. The van der Waals surface area contributed by atoms with Crippen molar-refractivity contribution in [2.45, 2.75) is 52.3 Å². The van der Waals surface area contributed by atoms with Crippen LogP contribution in [0.5, 0.6) is 5.75 Å². The molecule has 0 spiro atoms. The van der Waals surface area contributed by atoms with Gasteiger partial charge in [-0.1, -0.05) is 48.5 Å². The second kappa shape index (κ2) is 10.7. The Morgan fingerprint density at radius 3 is 2.33 bits per heavy atom. The number of carbonyl (C=O) groups excluding carboxylic acids is 1. The molecule has 0 saturated heterocycles. The lowest BCUT2D eigenvalue weighted by molar-refractivity contribution is -0.135. The van der Waals surface area contributed by atoms with Crippen LogP contribution in [0.25, 0.3) is 0 Å². The van der Waals surface area contributed by atoms with Gasteiger partial charge in [-0.15, -0.1) is 0 Å². The van der Waals surface area contributed by atoms with Gasteiger partial charge in [0, 0.05) is 12.6 Å². The van der Waals surface area contributed by atoms with E-state index in [1.54, 1.807) is 7.11 Å². The summed E-state index contributed by atoms with van der Waals surface area (Å²) in [5.74, 6) is 0.974. The number of amides is 1. The fourth-order valence-corrected chi connectivity index (χ4v) is 3.10. The number of hydrogen-bond donors (Lipinski definition) is 0. The van der Waals surface area contributed by atoms with Gasteiger partial charge in [0.2, 0.25) is 5.91 Å². The fraction of sp³-hybridized carbons (Fsp3) is 0.435. The van der Waals surface area contributed by atoms with Gasteiger partial charge in [-0.3, -0.25) is 4.79 Å². The van der Waals surface area contributed by atoms with Crippen LogP contribution in [0, 0.1) is 0 Å². The van der Waals surface area contributed by atoms with E-state index in [4.69, 9.17) is 9.47 Å². The topological polar surface area (TPSA) is 38.8 Å². The molecule has 2 aromatic carbocycles. The number of ether oxygens (including phenoxy) is 2. The lowest BCUT2D eigenvalue weighted by atomic mass is 10.0. The zero-order chi connectivity index (χ0) is 19.6. The van der Waals surface area contributed by atoms with Crippen molar-refractivity contribution in [3.05, 3.63) is 65.7 Å². The van der Waals surface area contributed by atoms with Gasteiger partial charge in [-0.05, 0) is 44.4 Å². The van der Waals surface area contributed by atoms with Crippen molar-refractivity contribution in [1.29, 1.82) is 0 Å². The first-order chi connectivity index (χ1) is 13.0. The van der Waals surface area contributed by atoms with Crippen molar-refractivity contribution in [2.24, 2.45) is 0 Å². The molecule has 2 aromatic rings. The molecule has 1 amide bonds. The monoisotopic (exact) mass is 369 g/mol. The van der Waals surface area contributed by atoms with Crippen LogP contribution in [0.4, 0.5) is 0 Å². The molecule has 4 heteroatoms. The van der Waals surface area contributed by atoms with E-state index in [0.717, 1.165) is 23.3 Å². The maximum Gasteiger partial charge on any atom is 0.225 e. The quantitative estimate of drug-likeness (QED) is 0.620. The SMILES string of the molecule is COc1ccccc1CC(C)N(Cc1ccccc1)C(=O)CCOC(C)C. The van der Waals surface area contributed by atoms with Crippen LogP contribution in [-0.4, -0.2) is 36.7 Å². The third-order valence-corrected chi connectivity index (χ3v) is 4.52. The Hall–Kier alpha value is -2.33. The molecule has 4 nitrogen and oxygen atoms in total. The summed E-state index contributed by atoms with van der Waals surface area (Å²) in [6.07, 6.45) is 1.26. The van der Waals surface area contributed by atoms with E-state index in [9.17, 15) is 4.79 Å². The Bertz CT molecular complexity index is 700. The summed E-state index contributed by atoms with van der Waals surface area (Å²) in [5, 5.41) is 0. The highest BCUT2D eigenvalue weighted by molar-refractivity contribution is 5.76. The van der Waals surface area contributed by atoms with Crippen molar-refractivity contribution in [1.82, 2.24) is 4.90 Å². The molecule has 0 fully saturated rings. The van der Waals surface area contributed by atoms with Crippen LogP contribution >= 0.6 is 0 Å². The molecule has 0 aliphatic heterocycles. The summed E-state index contributed by atoms with van der Waals surface area (Å²) >= 11 is 0. The lowest BCUT2D eigenvalue weighted by Gasteiger charge is -2.30. The van der Waals surface area contributed by atoms with E-state index < -0.39 is 0 Å². The van der Waals surface area contributed by atoms with Crippen LogP contribution in [0.1, 0.15) is 38.3 Å². The molecule has 0 radical (unpaired) electrons. The van der Waals surface area contributed by atoms with E-state index in [1.165, 1.54) is 0 Å². The molecule has 0 saturated carbocycles. The molecule has 27 heavy (non-hydrogen) atoms. The smallest absolute Gasteiger partial charge is 0.225 e. The first-order valence-corrected chi connectivity index (χ1v) is 9.58. The summed E-state index contributed by atoms with van der Waals surface area (Å²) in [5.41, 5.74) is 2.24. The van der Waals surface area contributed by atoms with Crippen LogP contribution in [0.3, 0.4) is 0 Å². The fourth-order valence-electron chi connectivity index (χ4n) is 3.10. The Morgan fingerprint density at radius 2 is 1.67 bits per heavy atom. The van der Waals surface area contributed by atoms with Crippen LogP contribution in [0.15, 0.2) is 54.6 Å². The summed E-state index contributed by atoms with van der Waals surface area (Å²) < 4.78 is 11.1. The zero-order valence-electron chi connectivity index (χ0n) is 16.9. The highest BCUT2D eigenvalue weighted by Gasteiger charge is 2.21. The van der Waals surface area contributed by atoms with Gasteiger partial charge in [0.15, 0.2) is 0 Å². The first kappa shape index (κ1) is 21.0. The van der Waals surface area contributed by atoms with E-state index in [-0.39, 0.29) is 18.1 Å². The van der Waals surface area contributed by atoms with E-state index in [2.05, 4.69) is 25.1 Å².